The van der Waals surface area contributed by atoms with Crippen LogP contribution in [0.4, 0.5) is 5.69 Å². The van der Waals surface area contributed by atoms with E-state index in [4.69, 9.17) is 16.7 Å². The normalized spacial score (nSPS) is 11.3. The van der Waals surface area contributed by atoms with E-state index >= 15 is 0 Å². The molecule has 0 unspecified atom stereocenters. The number of carbonyl (C=O) groups excluding carboxylic acids is 1. The number of rotatable bonds is 5. The van der Waals surface area contributed by atoms with Gasteiger partial charge in [0.25, 0.3) is 5.91 Å². The van der Waals surface area contributed by atoms with Crippen LogP contribution in [0, 0.1) is 0 Å². The topological polar surface area (TPSA) is 95.5 Å². The maximum Gasteiger partial charge on any atom is 0.257 e. The van der Waals surface area contributed by atoms with Crippen LogP contribution in [-0.4, -0.2) is 26.5 Å². The van der Waals surface area contributed by atoms with Crippen molar-refractivity contribution in [3.8, 4) is 0 Å². The van der Waals surface area contributed by atoms with Crippen molar-refractivity contribution in [2.45, 2.75) is 11.5 Å². The summed E-state index contributed by atoms with van der Waals surface area (Å²) in [5.41, 5.74) is 1.15. The molecule has 1 amide bonds. The molecule has 23 heavy (non-hydrogen) atoms. The van der Waals surface area contributed by atoms with Crippen LogP contribution < -0.4 is 10.0 Å². The predicted molar refractivity (Wildman–Crippen MR) is 88.0 cm³/mol. The molecule has 3 N–H and O–H groups in total. The molecule has 2 aromatic rings. The molecular weight excluding hydrogens is 340 g/mol. The predicted octanol–water partition coefficient (Wildman–Crippen LogP) is 1.99. The number of halogens is 1. The number of aliphatic hydroxyl groups is 1. The molecule has 0 aliphatic heterocycles. The molecule has 2 aromatic carbocycles. The van der Waals surface area contributed by atoms with Crippen molar-refractivity contribution in [2.75, 3.05) is 12.4 Å². The number of aliphatic hydroxyl groups excluding tert-OH is 1. The minimum absolute atomic E-state index is 0.0393. The zero-order chi connectivity index (χ0) is 17.0. The second-order valence-electron chi connectivity index (χ2n) is 4.66. The van der Waals surface area contributed by atoms with Gasteiger partial charge in [-0.2, -0.15) is 0 Å². The van der Waals surface area contributed by atoms with Crippen molar-refractivity contribution in [1.82, 2.24) is 4.72 Å². The molecule has 0 heterocycles. The number of carbonyl (C=O) groups is 1. The summed E-state index contributed by atoms with van der Waals surface area (Å²) in [6.07, 6.45) is 0. The lowest BCUT2D eigenvalue weighted by molar-refractivity contribution is 0.102. The maximum atomic E-state index is 12.3. The standard InChI is InChI=1S/C15H15ClN2O4S/c1-17-23(21,22)12-5-6-14(16)13(8-12)15(20)18-11-4-2-3-10(7-11)9-19/h2-8,17,19H,9H2,1H3,(H,18,20). The Bertz CT molecular complexity index is 837. The molecule has 0 aliphatic carbocycles. The Hall–Kier alpha value is -1.93. The molecule has 0 bridgehead atoms. The Morgan fingerprint density at radius 3 is 2.61 bits per heavy atom. The van der Waals surface area contributed by atoms with Gasteiger partial charge in [-0.25, -0.2) is 13.1 Å². The zero-order valence-electron chi connectivity index (χ0n) is 12.2. The quantitative estimate of drug-likeness (QED) is 0.765. The van der Waals surface area contributed by atoms with E-state index in [1.165, 1.54) is 25.2 Å². The first kappa shape index (κ1) is 17.4. The monoisotopic (exact) mass is 354 g/mol. The van der Waals surface area contributed by atoms with Crippen molar-refractivity contribution in [3.05, 3.63) is 58.6 Å². The molecule has 0 spiro atoms. The third-order valence-corrected chi connectivity index (χ3v) is 4.87. The van der Waals surface area contributed by atoms with E-state index in [0.717, 1.165) is 0 Å². The molecule has 0 aromatic heterocycles. The average Bonchev–Trinajstić information content (AvgIpc) is 2.55. The number of nitrogens with one attached hydrogen (secondary N) is 2. The summed E-state index contributed by atoms with van der Waals surface area (Å²) in [6.45, 7) is -0.152. The lowest BCUT2D eigenvalue weighted by atomic mass is 10.2. The zero-order valence-corrected chi connectivity index (χ0v) is 13.8. The van der Waals surface area contributed by atoms with Crippen LogP contribution in [0.5, 0.6) is 0 Å². The smallest absolute Gasteiger partial charge is 0.257 e. The summed E-state index contributed by atoms with van der Waals surface area (Å²) >= 11 is 5.99. The van der Waals surface area contributed by atoms with E-state index in [2.05, 4.69) is 10.0 Å². The number of hydrogen-bond donors (Lipinski definition) is 3. The summed E-state index contributed by atoms with van der Waals surface area (Å²) < 4.78 is 25.8. The second-order valence-corrected chi connectivity index (χ2v) is 6.96. The van der Waals surface area contributed by atoms with Crippen molar-refractivity contribution in [3.63, 3.8) is 0 Å². The van der Waals surface area contributed by atoms with Crippen LogP contribution >= 0.6 is 11.6 Å². The SMILES string of the molecule is CNS(=O)(=O)c1ccc(Cl)c(C(=O)Nc2cccc(CO)c2)c1. The maximum absolute atomic E-state index is 12.3. The molecule has 6 nitrogen and oxygen atoms in total. The molecule has 8 heteroatoms. The molecule has 0 saturated carbocycles. The van der Waals surface area contributed by atoms with Gasteiger partial charge in [-0.1, -0.05) is 23.7 Å². The number of anilines is 1. The summed E-state index contributed by atoms with van der Waals surface area (Å²) in [5, 5.41) is 11.9. The van der Waals surface area contributed by atoms with E-state index < -0.39 is 15.9 Å². The van der Waals surface area contributed by atoms with Crippen molar-refractivity contribution < 1.29 is 18.3 Å². The lowest BCUT2D eigenvalue weighted by Crippen LogP contribution is -2.20. The molecule has 0 atom stereocenters. The first-order valence-corrected chi connectivity index (χ1v) is 8.47. The van der Waals surface area contributed by atoms with Gasteiger partial charge in [0.05, 0.1) is 22.1 Å². The van der Waals surface area contributed by atoms with Crippen LogP contribution in [0.15, 0.2) is 47.4 Å². The van der Waals surface area contributed by atoms with Gasteiger partial charge in [0.2, 0.25) is 10.0 Å². The van der Waals surface area contributed by atoms with Crippen molar-refractivity contribution in [2.24, 2.45) is 0 Å². The van der Waals surface area contributed by atoms with Gasteiger partial charge in [-0.05, 0) is 42.9 Å². The van der Waals surface area contributed by atoms with E-state index in [-0.39, 0.29) is 22.1 Å². The lowest BCUT2D eigenvalue weighted by Gasteiger charge is -2.10. The molecule has 0 radical (unpaired) electrons. The van der Waals surface area contributed by atoms with Crippen LogP contribution in [-0.2, 0) is 16.6 Å². The third-order valence-electron chi connectivity index (χ3n) is 3.13. The van der Waals surface area contributed by atoms with Crippen LogP contribution in [0.2, 0.25) is 5.02 Å². The molecule has 122 valence electrons. The summed E-state index contributed by atoms with van der Waals surface area (Å²) in [6, 6.07) is 10.5. The van der Waals surface area contributed by atoms with E-state index in [1.54, 1.807) is 24.3 Å². The average molecular weight is 355 g/mol. The van der Waals surface area contributed by atoms with Gasteiger partial charge in [0.1, 0.15) is 0 Å². The highest BCUT2D eigenvalue weighted by Crippen LogP contribution is 2.22. The van der Waals surface area contributed by atoms with Crippen LogP contribution in [0.25, 0.3) is 0 Å². The van der Waals surface area contributed by atoms with E-state index in [9.17, 15) is 13.2 Å². The molecule has 0 saturated heterocycles. The number of hydrogen-bond acceptors (Lipinski definition) is 4. The fourth-order valence-electron chi connectivity index (χ4n) is 1.91. The minimum atomic E-state index is -3.68. The van der Waals surface area contributed by atoms with Gasteiger partial charge in [-0.15, -0.1) is 0 Å². The minimum Gasteiger partial charge on any atom is -0.392 e. The van der Waals surface area contributed by atoms with Gasteiger partial charge in [-0.3, -0.25) is 4.79 Å². The number of benzene rings is 2. The highest BCUT2D eigenvalue weighted by atomic mass is 35.5. The Labute approximate surface area is 139 Å². The van der Waals surface area contributed by atoms with Gasteiger partial charge < -0.3 is 10.4 Å². The first-order valence-electron chi connectivity index (χ1n) is 6.61. The van der Waals surface area contributed by atoms with Gasteiger partial charge in [0.15, 0.2) is 0 Å². The highest BCUT2D eigenvalue weighted by Gasteiger charge is 2.17. The Kier molecular flexibility index (Phi) is 5.38. The number of sulfonamides is 1. The largest absolute Gasteiger partial charge is 0.392 e. The van der Waals surface area contributed by atoms with Crippen molar-refractivity contribution in [1.29, 1.82) is 0 Å². The van der Waals surface area contributed by atoms with E-state index in [1.807, 2.05) is 0 Å². The van der Waals surface area contributed by atoms with Gasteiger partial charge in [0, 0.05) is 5.69 Å². The summed E-state index contributed by atoms with van der Waals surface area (Å²) in [7, 11) is -2.39. The fraction of sp³-hybridized carbons (Fsp3) is 0.133. The highest BCUT2D eigenvalue weighted by molar-refractivity contribution is 7.89. The Balaban J connectivity index is 2.33. The molecule has 2 rings (SSSR count). The molecular formula is C15H15ClN2O4S. The second kappa shape index (κ2) is 7.10. The Morgan fingerprint density at radius 2 is 1.96 bits per heavy atom. The molecule has 0 aliphatic rings. The third kappa shape index (κ3) is 4.08. The van der Waals surface area contributed by atoms with Crippen LogP contribution in [0.1, 0.15) is 15.9 Å². The Morgan fingerprint density at radius 1 is 1.22 bits per heavy atom. The number of amides is 1. The fourth-order valence-corrected chi connectivity index (χ4v) is 2.87. The van der Waals surface area contributed by atoms with E-state index in [0.29, 0.717) is 11.3 Å². The summed E-state index contributed by atoms with van der Waals surface area (Å²) in [4.78, 5) is 12.3. The van der Waals surface area contributed by atoms with Gasteiger partial charge >= 0.3 is 0 Å². The summed E-state index contributed by atoms with van der Waals surface area (Å²) in [5.74, 6) is -0.543. The first-order chi connectivity index (χ1) is 10.9. The van der Waals surface area contributed by atoms with Crippen molar-refractivity contribution >= 4 is 33.2 Å². The van der Waals surface area contributed by atoms with Crippen LogP contribution in [0.3, 0.4) is 0 Å². The molecule has 0 fully saturated rings.